The first kappa shape index (κ1) is 13.5. The van der Waals surface area contributed by atoms with E-state index >= 15 is 0 Å². The Bertz CT molecular complexity index is 621. The minimum Gasteiger partial charge on any atom is -0.408 e. The molecule has 2 saturated carbocycles. The van der Waals surface area contributed by atoms with Crippen molar-refractivity contribution in [1.82, 2.24) is 14.5 Å². The van der Waals surface area contributed by atoms with Crippen LogP contribution in [0, 0.1) is 0 Å². The molecule has 21 heavy (non-hydrogen) atoms. The van der Waals surface area contributed by atoms with E-state index in [0.717, 1.165) is 44.5 Å². The number of nitrogens with zero attached hydrogens (tertiary/aromatic N) is 4. The second-order valence-electron chi connectivity index (χ2n) is 6.18. The van der Waals surface area contributed by atoms with Gasteiger partial charge >= 0.3 is 6.01 Å². The molecule has 3 fully saturated rings. The van der Waals surface area contributed by atoms with Crippen molar-refractivity contribution in [3.05, 3.63) is 5.89 Å². The van der Waals surface area contributed by atoms with Gasteiger partial charge in [-0.25, -0.2) is 8.42 Å². The van der Waals surface area contributed by atoms with Crippen LogP contribution < -0.4 is 4.90 Å². The Morgan fingerprint density at radius 3 is 2.52 bits per heavy atom. The van der Waals surface area contributed by atoms with E-state index in [9.17, 15) is 8.42 Å². The predicted molar refractivity (Wildman–Crippen MR) is 76.6 cm³/mol. The first-order valence-corrected chi connectivity index (χ1v) is 9.22. The van der Waals surface area contributed by atoms with Crippen molar-refractivity contribution >= 4 is 16.0 Å². The van der Waals surface area contributed by atoms with Gasteiger partial charge in [0.25, 0.3) is 0 Å². The maximum absolute atomic E-state index is 12.3. The molecule has 0 bridgehead atoms. The topological polar surface area (TPSA) is 79.5 Å². The fraction of sp³-hybridized carbons (Fsp3) is 0.846. The Morgan fingerprint density at radius 1 is 1.00 bits per heavy atom. The molecular formula is C13H20N4O3S. The van der Waals surface area contributed by atoms with Crippen LogP contribution in [0.25, 0.3) is 0 Å². The molecule has 0 N–H and O–H groups in total. The molecule has 116 valence electrons. The van der Waals surface area contributed by atoms with E-state index in [0.29, 0.717) is 31.6 Å². The number of sulfonamides is 1. The van der Waals surface area contributed by atoms with Crippen molar-refractivity contribution in [3.8, 4) is 0 Å². The normalized spacial score (nSPS) is 25.0. The average molecular weight is 312 g/mol. The van der Waals surface area contributed by atoms with Crippen LogP contribution in [-0.4, -0.2) is 54.3 Å². The number of aromatic nitrogens is 2. The first-order chi connectivity index (χ1) is 10.1. The van der Waals surface area contributed by atoms with Crippen LogP contribution in [0.1, 0.15) is 43.9 Å². The quantitative estimate of drug-likeness (QED) is 0.823. The summed E-state index contributed by atoms with van der Waals surface area (Å²) >= 11 is 0. The first-order valence-electron chi connectivity index (χ1n) is 7.72. The second kappa shape index (κ2) is 4.95. The molecule has 7 nitrogen and oxygen atoms in total. The van der Waals surface area contributed by atoms with Crippen molar-refractivity contribution in [1.29, 1.82) is 0 Å². The highest BCUT2D eigenvalue weighted by atomic mass is 32.2. The molecule has 0 unspecified atom stereocenters. The van der Waals surface area contributed by atoms with Crippen LogP contribution in [0.5, 0.6) is 0 Å². The highest BCUT2D eigenvalue weighted by Gasteiger charge is 2.40. The molecule has 3 aliphatic rings. The molecule has 1 aromatic heterocycles. The van der Waals surface area contributed by atoms with Crippen LogP contribution in [0.15, 0.2) is 4.42 Å². The van der Waals surface area contributed by atoms with Crippen LogP contribution in [-0.2, 0) is 10.0 Å². The molecule has 1 aromatic rings. The van der Waals surface area contributed by atoms with E-state index < -0.39 is 10.0 Å². The maximum atomic E-state index is 12.3. The number of hydrogen-bond donors (Lipinski definition) is 0. The van der Waals surface area contributed by atoms with Crippen molar-refractivity contribution in [2.24, 2.45) is 0 Å². The minimum absolute atomic E-state index is 0.131. The monoisotopic (exact) mass is 312 g/mol. The summed E-state index contributed by atoms with van der Waals surface area (Å²) in [6, 6.07) is 0.544. The Morgan fingerprint density at radius 2 is 1.81 bits per heavy atom. The third kappa shape index (κ3) is 2.66. The molecule has 0 spiro atoms. The zero-order valence-electron chi connectivity index (χ0n) is 11.9. The lowest BCUT2D eigenvalue weighted by atomic mass is 10.4. The third-order valence-electron chi connectivity index (χ3n) is 4.39. The van der Waals surface area contributed by atoms with Gasteiger partial charge in [0, 0.05) is 32.1 Å². The van der Waals surface area contributed by atoms with Crippen molar-refractivity contribution in [2.75, 3.05) is 31.1 Å². The molecule has 0 aromatic carbocycles. The lowest BCUT2D eigenvalue weighted by Crippen LogP contribution is -2.37. The molecule has 2 heterocycles. The molecular weight excluding hydrogens is 292 g/mol. The molecule has 1 saturated heterocycles. The molecule has 1 aliphatic heterocycles. The number of anilines is 1. The smallest absolute Gasteiger partial charge is 0.318 e. The summed E-state index contributed by atoms with van der Waals surface area (Å²) in [5.74, 6) is 1.18. The number of rotatable bonds is 4. The van der Waals surface area contributed by atoms with Crippen LogP contribution >= 0.6 is 0 Å². The maximum Gasteiger partial charge on any atom is 0.318 e. The van der Waals surface area contributed by atoms with E-state index in [1.807, 2.05) is 4.90 Å². The standard InChI is InChI=1S/C13H20N4O3S/c18-21(19,11-4-5-11)17-7-1-6-16(8-9-17)13-15-14-12(20-13)10-2-3-10/h10-11H,1-9H2. The zero-order valence-corrected chi connectivity index (χ0v) is 12.8. The Kier molecular flexibility index (Phi) is 3.18. The van der Waals surface area contributed by atoms with Gasteiger partial charge in [-0.15, -0.1) is 5.10 Å². The van der Waals surface area contributed by atoms with Gasteiger partial charge in [-0.3, -0.25) is 0 Å². The second-order valence-corrected chi connectivity index (χ2v) is 8.39. The minimum atomic E-state index is -3.08. The summed E-state index contributed by atoms with van der Waals surface area (Å²) in [6.45, 7) is 2.50. The number of hydrogen-bond acceptors (Lipinski definition) is 6. The SMILES string of the molecule is O=S(=O)(C1CC1)N1CCCN(c2nnc(C3CC3)o2)CC1. The summed E-state index contributed by atoms with van der Waals surface area (Å²) in [4.78, 5) is 2.02. The Hall–Kier alpha value is -1.15. The van der Waals surface area contributed by atoms with E-state index in [4.69, 9.17) is 4.42 Å². The molecule has 2 aliphatic carbocycles. The third-order valence-corrected chi connectivity index (χ3v) is 6.79. The molecule has 0 amide bonds. The van der Waals surface area contributed by atoms with Gasteiger partial charge in [0.2, 0.25) is 15.9 Å². The zero-order chi connectivity index (χ0) is 14.4. The van der Waals surface area contributed by atoms with Crippen molar-refractivity contribution < 1.29 is 12.8 Å². The van der Waals surface area contributed by atoms with Gasteiger partial charge in [-0.05, 0) is 32.1 Å². The van der Waals surface area contributed by atoms with Crippen LogP contribution in [0.3, 0.4) is 0 Å². The molecule has 8 heteroatoms. The highest BCUT2D eigenvalue weighted by Crippen LogP contribution is 2.40. The molecule has 0 atom stereocenters. The van der Waals surface area contributed by atoms with Gasteiger partial charge in [0.15, 0.2) is 0 Å². The fourth-order valence-corrected chi connectivity index (χ4v) is 4.64. The summed E-state index contributed by atoms with van der Waals surface area (Å²) < 4.78 is 32.0. The summed E-state index contributed by atoms with van der Waals surface area (Å²) in [5.41, 5.74) is 0. The lowest BCUT2D eigenvalue weighted by Gasteiger charge is -2.20. The Labute approximate surface area is 124 Å². The van der Waals surface area contributed by atoms with Gasteiger partial charge < -0.3 is 9.32 Å². The van der Waals surface area contributed by atoms with Crippen LogP contribution in [0.2, 0.25) is 0 Å². The van der Waals surface area contributed by atoms with Crippen molar-refractivity contribution in [3.63, 3.8) is 0 Å². The predicted octanol–water partition coefficient (Wildman–Crippen LogP) is 0.951. The lowest BCUT2D eigenvalue weighted by molar-refractivity contribution is 0.430. The largest absolute Gasteiger partial charge is 0.408 e. The molecule has 0 radical (unpaired) electrons. The van der Waals surface area contributed by atoms with Gasteiger partial charge in [0.1, 0.15) is 0 Å². The fourth-order valence-electron chi connectivity index (χ4n) is 2.77. The van der Waals surface area contributed by atoms with Gasteiger partial charge in [-0.2, -0.15) is 4.31 Å². The van der Waals surface area contributed by atoms with Gasteiger partial charge in [-0.1, -0.05) is 5.10 Å². The van der Waals surface area contributed by atoms with Crippen LogP contribution in [0.4, 0.5) is 6.01 Å². The highest BCUT2D eigenvalue weighted by molar-refractivity contribution is 7.90. The van der Waals surface area contributed by atoms with E-state index in [2.05, 4.69) is 10.2 Å². The van der Waals surface area contributed by atoms with E-state index in [1.165, 1.54) is 0 Å². The van der Waals surface area contributed by atoms with E-state index in [1.54, 1.807) is 4.31 Å². The van der Waals surface area contributed by atoms with Crippen molar-refractivity contribution in [2.45, 2.75) is 43.3 Å². The summed E-state index contributed by atoms with van der Waals surface area (Å²) in [6.07, 6.45) is 4.70. The average Bonchev–Trinajstić information content (AvgIpc) is 3.36. The molecule has 4 rings (SSSR count). The summed E-state index contributed by atoms with van der Waals surface area (Å²) in [5, 5.41) is 8.09. The van der Waals surface area contributed by atoms with E-state index in [-0.39, 0.29) is 5.25 Å². The van der Waals surface area contributed by atoms with Gasteiger partial charge in [0.05, 0.1) is 5.25 Å². The Balaban J connectivity index is 1.44. The summed E-state index contributed by atoms with van der Waals surface area (Å²) in [7, 11) is -3.08.